The molecular formula is C11H9FN4O2S2. The first kappa shape index (κ1) is 14.3. The number of thiocarbonyl (C=S) groups is 1. The van der Waals surface area contributed by atoms with Gasteiger partial charge in [0, 0.05) is 12.4 Å². The molecule has 0 aliphatic carbocycles. The molecule has 0 saturated carbocycles. The summed E-state index contributed by atoms with van der Waals surface area (Å²) in [5.74, 6) is -0.795. The van der Waals surface area contributed by atoms with Crippen molar-refractivity contribution in [3.8, 4) is 0 Å². The van der Waals surface area contributed by atoms with E-state index in [2.05, 4.69) is 14.7 Å². The van der Waals surface area contributed by atoms with Crippen molar-refractivity contribution in [2.45, 2.75) is 4.90 Å². The molecule has 0 bridgehead atoms. The average Bonchev–Trinajstić information content (AvgIpc) is 2.41. The highest BCUT2D eigenvalue weighted by molar-refractivity contribution is 7.93. The third-order valence-electron chi connectivity index (χ3n) is 2.31. The standard InChI is InChI=1S/C11H9FN4O2S2/c12-7-6-14-5-3-8(7)16-20(17,18)9-2-1-4-15-10(9)11(13)19/h1-6H,(H2,13,19)(H,14,16). The van der Waals surface area contributed by atoms with Gasteiger partial charge in [-0.25, -0.2) is 12.8 Å². The van der Waals surface area contributed by atoms with Gasteiger partial charge in [-0.15, -0.1) is 0 Å². The number of nitrogens with one attached hydrogen (secondary N) is 1. The lowest BCUT2D eigenvalue weighted by Gasteiger charge is -2.10. The van der Waals surface area contributed by atoms with Crippen molar-refractivity contribution in [2.75, 3.05) is 4.72 Å². The van der Waals surface area contributed by atoms with E-state index in [1.165, 1.54) is 30.6 Å². The van der Waals surface area contributed by atoms with Crippen LogP contribution in [-0.4, -0.2) is 23.4 Å². The van der Waals surface area contributed by atoms with Gasteiger partial charge in [-0.3, -0.25) is 14.7 Å². The van der Waals surface area contributed by atoms with Crippen molar-refractivity contribution >= 4 is 32.9 Å². The molecular weight excluding hydrogens is 303 g/mol. The van der Waals surface area contributed by atoms with E-state index in [0.29, 0.717) is 0 Å². The maximum Gasteiger partial charge on any atom is 0.264 e. The Hall–Kier alpha value is -2.13. The SMILES string of the molecule is NC(=S)c1ncccc1S(=O)(=O)Nc1ccncc1F. The van der Waals surface area contributed by atoms with Crippen LogP contribution in [-0.2, 0) is 10.0 Å². The normalized spacial score (nSPS) is 11.1. The maximum absolute atomic E-state index is 13.4. The van der Waals surface area contributed by atoms with Gasteiger partial charge in [0.2, 0.25) is 0 Å². The molecule has 0 amide bonds. The monoisotopic (exact) mass is 312 g/mol. The van der Waals surface area contributed by atoms with Crippen molar-refractivity contribution in [1.29, 1.82) is 0 Å². The molecule has 0 fully saturated rings. The Morgan fingerprint density at radius 1 is 1.35 bits per heavy atom. The summed E-state index contributed by atoms with van der Waals surface area (Å²) in [7, 11) is -4.06. The van der Waals surface area contributed by atoms with E-state index >= 15 is 0 Å². The molecule has 2 aromatic rings. The first-order valence-corrected chi connectivity index (χ1v) is 7.18. The van der Waals surface area contributed by atoms with Crippen LogP contribution in [0.5, 0.6) is 0 Å². The van der Waals surface area contributed by atoms with Gasteiger partial charge >= 0.3 is 0 Å². The number of hydrogen-bond donors (Lipinski definition) is 2. The number of nitrogens with zero attached hydrogens (tertiary/aromatic N) is 2. The second-order valence-electron chi connectivity index (χ2n) is 3.68. The molecule has 0 aromatic carbocycles. The molecule has 2 aromatic heterocycles. The van der Waals surface area contributed by atoms with Crippen molar-refractivity contribution < 1.29 is 12.8 Å². The largest absolute Gasteiger partial charge is 0.388 e. The molecule has 20 heavy (non-hydrogen) atoms. The van der Waals surface area contributed by atoms with Gasteiger partial charge < -0.3 is 5.73 Å². The smallest absolute Gasteiger partial charge is 0.264 e. The molecule has 3 N–H and O–H groups in total. The molecule has 104 valence electrons. The van der Waals surface area contributed by atoms with E-state index in [-0.39, 0.29) is 21.3 Å². The van der Waals surface area contributed by atoms with Crippen molar-refractivity contribution in [3.63, 3.8) is 0 Å². The highest BCUT2D eigenvalue weighted by Crippen LogP contribution is 2.19. The summed E-state index contributed by atoms with van der Waals surface area (Å²) in [4.78, 5) is 6.96. The molecule has 0 atom stereocenters. The van der Waals surface area contributed by atoms with E-state index < -0.39 is 15.8 Å². The molecule has 9 heteroatoms. The lowest BCUT2D eigenvalue weighted by atomic mass is 10.3. The van der Waals surface area contributed by atoms with Gasteiger partial charge in [0.1, 0.15) is 15.6 Å². The van der Waals surface area contributed by atoms with Crippen LogP contribution in [0.4, 0.5) is 10.1 Å². The van der Waals surface area contributed by atoms with Crippen LogP contribution in [0.2, 0.25) is 0 Å². The summed E-state index contributed by atoms with van der Waals surface area (Å²) in [6.07, 6.45) is 3.52. The van der Waals surface area contributed by atoms with Crippen molar-refractivity contribution in [3.05, 3.63) is 48.3 Å². The molecule has 0 aliphatic rings. The predicted octanol–water partition coefficient (Wildman–Crippen LogP) is 1.05. The summed E-state index contributed by atoms with van der Waals surface area (Å²) >= 11 is 4.75. The first-order chi connectivity index (χ1) is 9.42. The Bertz CT molecular complexity index is 765. The first-order valence-electron chi connectivity index (χ1n) is 5.29. The maximum atomic E-state index is 13.4. The number of anilines is 1. The molecule has 0 aliphatic heterocycles. The van der Waals surface area contributed by atoms with Crippen LogP contribution in [0.25, 0.3) is 0 Å². The molecule has 2 heterocycles. The minimum atomic E-state index is -4.06. The predicted molar refractivity (Wildman–Crippen MR) is 75.1 cm³/mol. The van der Waals surface area contributed by atoms with E-state index in [1.54, 1.807) is 0 Å². The molecule has 0 radical (unpaired) electrons. The van der Waals surface area contributed by atoms with Crippen LogP contribution in [0.15, 0.2) is 41.7 Å². The second kappa shape index (κ2) is 5.47. The Kier molecular flexibility index (Phi) is 3.91. The average molecular weight is 312 g/mol. The number of hydrogen-bond acceptors (Lipinski definition) is 5. The quantitative estimate of drug-likeness (QED) is 0.819. The Balaban J connectivity index is 2.47. The number of aromatic nitrogens is 2. The van der Waals surface area contributed by atoms with E-state index in [1.807, 2.05) is 0 Å². The highest BCUT2D eigenvalue weighted by Gasteiger charge is 2.21. The lowest BCUT2D eigenvalue weighted by molar-refractivity contribution is 0.597. The number of rotatable bonds is 4. The van der Waals surface area contributed by atoms with Crippen molar-refractivity contribution in [1.82, 2.24) is 9.97 Å². The van der Waals surface area contributed by atoms with Crippen LogP contribution >= 0.6 is 12.2 Å². The summed E-state index contributed by atoms with van der Waals surface area (Å²) in [5.41, 5.74) is 5.15. The van der Waals surface area contributed by atoms with Gasteiger partial charge in [-0.05, 0) is 18.2 Å². The Labute approximate surface area is 119 Å². The van der Waals surface area contributed by atoms with Crippen LogP contribution < -0.4 is 10.5 Å². The summed E-state index contributed by atoms with van der Waals surface area (Å²) in [6.45, 7) is 0. The summed E-state index contributed by atoms with van der Waals surface area (Å²) < 4.78 is 40.0. The number of sulfonamides is 1. The molecule has 0 saturated heterocycles. The number of pyridine rings is 2. The summed E-state index contributed by atoms with van der Waals surface area (Å²) in [5, 5.41) is 0. The zero-order valence-electron chi connectivity index (χ0n) is 9.95. The fourth-order valence-electron chi connectivity index (χ4n) is 1.45. The number of halogens is 1. The topological polar surface area (TPSA) is 98.0 Å². The second-order valence-corrected chi connectivity index (χ2v) is 5.77. The third kappa shape index (κ3) is 2.89. The zero-order chi connectivity index (χ0) is 14.8. The molecule has 6 nitrogen and oxygen atoms in total. The van der Waals surface area contributed by atoms with Crippen molar-refractivity contribution in [2.24, 2.45) is 5.73 Å². The highest BCUT2D eigenvalue weighted by atomic mass is 32.2. The van der Waals surface area contributed by atoms with Gasteiger partial charge in [-0.1, -0.05) is 12.2 Å². The van der Waals surface area contributed by atoms with E-state index in [0.717, 1.165) is 6.20 Å². The van der Waals surface area contributed by atoms with Crippen LogP contribution in [0, 0.1) is 5.82 Å². The fraction of sp³-hybridized carbons (Fsp3) is 0. The summed E-state index contributed by atoms with van der Waals surface area (Å²) in [6, 6.07) is 3.89. The van der Waals surface area contributed by atoms with Gasteiger partial charge in [0.05, 0.1) is 11.9 Å². The lowest BCUT2D eigenvalue weighted by Crippen LogP contribution is -2.21. The fourth-order valence-corrected chi connectivity index (χ4v) is 2.92. The van der Waals surface area contributed by atoms with Crippen LogP contribution in [0.3, 0.4) is 0 Å². The molecule has 0 unspecified atom stereocenters. The molecule has 2 rings (SSSR count). The van der Waals surface area contributed by atoms with Gasteiger partial charge in [0.15, 0.2) is 5.82 Å². The minimum absolute atomic E-state index is 0.0514. The minimum Gasteiger partial charge on any atom is -0.388 e. The van der Waals surface area contributed by atoms with Gasteiger partial charge in [0.25, 0.3) is 10.0 Å². The van der Waals surface area contributed by atoms with Gasteiger partial charge in [-0.2, -0.15) is 0 Å². The van der Waals surface area contributed by atoms with E-state index in [9.17, 15) is 12.8 Å². The van der Waals surface area contributed by atoms with E-state index in [4.69, 9.17) is 18.0 Å². The third-order valence-corrected chi connectivity index (χ3v) is 3.90. The zero-order valence-corrected chi connectivity index (χ0v) is 11.6. The Morgan fingerprint density at radius 2 is 2.10 bits per heavy atom. The van der Waals surface area contributed by atoms with Crippen LogP contribution in [0.1, 0.15) is 5.69 Å². The molecule has 0 spiro atoms. The Morgan fingerprint density at radius 3 is 2.75 bits per heavy atom. The number of nitrogens with two attached hydrogens (primary N) is 1.